The van der Waals surface area contributed by atoms with Gasteiger partial charge in [-0.05, 0) is 48.3 Å². The van der Waals surface area contributed by atoms with E-state index in [2.05, 4.69) is 27.8 Å². The highest BCUT2D eigenvalue weighted by Gasteiger charge is 2.48. The molecule has 0 radical (unpaired) electrons. The van der Waals surface area contributed by atoms with Gasteiger partial charge < -0.3 is 31.1 Å². The number of Topliss-reactive ketones (excluding diaryl/α,β-unsaturated/α-hetero) is 1. The van der Waals surface area contributed by atoms with Crippen LogP contribution in [0, 0.1) is 22.7 Å². The van der Waals surface area contributed by atoms with Crippen molar-refractivity contribution in [3.63, 3.8) is 0 Å². The number of nitrogens with zero attached hydrogens (tertiary/aromatic N) is 2. The monoisotopic (exact) mass is 700 g/mol. The molecule has 4 N–H and O–H groups in total. The van der Waals surface area contributed by atoms with E-state index in [0.29, 0.717) is 19.5 Å². The van der Waals surface area contributed by atoms with Crippen molar-refractivity contribution in [1.29, 1.82) is 0 Å². The summed E-state index contributed by atoms with van der Waals surface area (Å²) >= 11 is 0. The average molecular weight is 701 g/mol. The molecule has 0 aliphatic carbocycles. The third kappa shape index (κ3) is 11.7. The summed E-state index contributed by atoms with van der Waals surface area (Å²) in [6.45, 7) is 18.9. The van der Waals surface area contributed by atoms with E-state index in [-0.39, 0.29) is 24.9 Å². The molecule has 2 rings (SSSR count). The van der Waals surface area contributed by atoms with Gasteiger partial charge in [0, 0.05) is 32.6 Å². The van der Waals surface area contributed by atoms with E-state index in [4.69, 9.17) is 0 Å². The summed E-state index contributed by atoms with van der Waals surface area (Å²) in [5.74, 6) is -4.71. The maximum absolute atomic E-state index is 14.3. The first kappa shape index (κ1) is 41.5. The van der Waals surface area contributed by atoms with Gasteiger partial charge in [0.15, 0.2) is 0 Å². The fourth-order valence-electron chi connectivity index (χ4n) is 6.23. The second-order valence-electron chi connectivity index (χ2n) is 15.5. The van der Waals surface area contributed by atoms with Crippen LogP contribution in [-0.4, -0.2) is 102 Å². The SMILES string of the molecule is C=CCNC(=O)C(=O)C(CCC(F)(F)F)NC(=O)[C@@H]1[C@@H](C(C)C)CCN1C(=O)[C@@H](NC(=O)N[C@H](C(=O)N1CCCC1)C(C)(C)C)C(C)(C)C. The fourth-order valence-corrected chi connectivity index (χ4v) is 6.23. The van der Waals surface area contributed by atoms with Crippen LogP contribution in [0.5, 0.6) is 0 Å². The molecule has 12 nitrogen and oxygen atoms in total. The predicted molar refractivity (Wildman–Crippen MR) is 178 cm³/mol. The Morgan fingerprint density at radius 3 is 1.84 bits per heavy atom. The highest BCUT2D eigenvalue weighted by Crippen LogP contribution is 2.34. The lowest BCUT2D eigenvalue weighted by molar-refractivity contribution is -0.147. The largest absolute Gasteiger partial charge is 0.389 e. The molecule has 1 unspecified atom stereocenters. The highest BCUT2D eigenvalue weighted by atomic mass is 19.4. The Balaban J connectivity index is 2.37. The number of likely N-dealkylation sites (tertiary alicyclic amines) is 2. The van der Waals surface area contributed by atoms with E-state index in [1.165, 1.54) is 11.0 Å². The number of urea groups is 1. The van der Waals surface area contributed by atoms with Crippen molar-refractivity contribution in [3.8, 4) is 0 Å². The van der Waals surface area contributed by atoms with Gasteiger partial charge in [-0.3, -0.25) is 24.0 Å². The molecule has 0 spiro atoms. The number of carbonyl (C=O) groups is 6. The summed E-state index contributed by atoms with van der Waals surface area (Å²) < 4.78 is 39.5. The van der Waals surface area contributed by atoms with Gasteiger partial charge in [-0.1, -0.05) is 61.5 Å². The molecule has 2 heterocycles. The number of nitrogens with one attached hydrogen (secondary N) is 4. The van der Waals surface area contributed by atoms with Crippen LogP contribution in [0.25, 0.3) is 0 Å². The van der Waals surface area contributed by atoms with Crippen molar-refractivity contribution in [2.24, 2.45) is 22.7 Å². The van der Waals surface area contributed by atoms with Crippen LogP contribution < -0.4 is 21.3 Å². The Labute approximate surface area is 287 Å². The molecule has 2 saturated heterocycles. The molecule has 0 aromatic carbocycles. The van der Waals surface area contributed by atoms with E-state index in [9.17, 15) is 41.9 Å². The van der Waals surface area contributed by atoms with Gasteiger partial charge in [-0.2, -0.15) is 13.2 Å². The van der Waals surface area contributed by atoms with Gasteiger partial charge in [0.2, 0.25) is 23.5 Å². The third-order valence-corrected chi connectivity index (χ3v) is 9.03. The molecule has 278 valence electrons. The van der Waals surface area contributed by atoms with Crippen molar-refractivity contribution in [1.82, 2.24) is 31.1 Å². The number of hydrogen-bond donors (Lipinski definition) is 4. The Morgan fingerprint density at radius 2 is 1.37 bits per heavy atom. The summed E-state index contributed by atoms with van der Waals surface area (Å²) in [6, 6.07) is -5.80. The van der Waals surface area contributed by atoms with Gasteiger partial charge in [0.05, 0.1) is 6.04 Å². The molecule has 0 aromatic rings. The Morgan fingerprint density at radius 1 is 0.837 bits per heavy atom. The van der Waals surface area contributed by atoms with Crippen LogP contribution in [0.1, 0.15) is 87.5 Å². The minimum Gasteiger partial charge on any atom is -0.346 e. The predicted octanol–water partition coefficient (Wildman–Crippen LogP) is 3.31. The van der Waals surface area contributed by atoms with Crippen molar-refractivity contribution < 1.29 is 41.9 Å². The van der Waals surface area contributed by atoms with Gasteiger partial charge in [-0.25, -0.2) is 4.79 Å². The standard InChI is InChI=1S/C34H55F3N6O6/c1-10-16-38-28(46)24(44)22(13-15-34(35,36)37)39-27(45)23-21(20(2)3)14-19-43(23)30(48)26(33(7,8)9)41-31(49)40-25(32(4,5)6)29(47)42-17-11-12-18-42/h10,20-23,25-26H,1,11-19H2,2-9H3,(H,38,46)(H,39,45)(H2,40,41,49)/t21-,22?,23+,25-,26-/m1/s1. The van der Waals surface area contributed by atoms with Crippen LogP contribution in [0.4, 0.5) is 18.0 Å². The maximum Gasteiger partial charge on any atom is 0.389 e. The topological polar surface area (TPSA) is 157 Å². The number of hydrogen-bond acceptors (Lipinski definition) is 6. The Bertz CT molecular complexity index is 1240. The minimum absolute atomic E-state index is 0.106. The molecule has 0 bridgehead atoms. The van der Waals surface area contributed by atoms with Crippen LogP contribution in [0.2, 0.25) is 0 Å². The molecular weight excluding hydrogens is 645 g/mol. The van der Waals surface area contributed by atoms with Gasteiger partial charge in [-0.15, -0.1) is 6.58 Å². The van der Waals surface area contributed by atoms with E-state index < -0.39 is 89.5 Å². The van der Waals surface area contributed by atoms with E-state index in [1.807, 2.05) is 34.6 Å². The first-order valence-electron chi connectivity index (χ1n) is 17.0. The second-order valence-corrected chi connectivity index (χ2v) is 15.5. The number of carbonyl (C=O) groups excluding carboxylic acids is 6. The number of amides is 6. The average Bonchev–Trinajstić information content (AvgIpc) is 3.68. The fraction of sp³-hybridized carbons (Fsp3) is 0.765. The first-order chi connectivity index (χ1) is 22.5. The number of halogens is 3. The number of ketones is 1. The van der Waals surface area contributed by atoms with Crippen molar-refractivity contribution in [2.75, 3.05) is 26.2 Å². The second kappa shape index (κ2) is 16.8. The van der Waals surface area contributed by atoms with Gasteiger partial charge >= 0.3 is 12.2 Å². The lowest BCUT2D eigenvalue weighted by atomic mass is 9.84. The van der Waals surface area contributed by atoms with Gasteiger partial charge in [0.25, 0.3) is 5.91 Å². The molecule has 0 aromatic heterocycles. The zero-order valence-corrected chi connectivity index (χ0v) is 30.1. The van der Waals surface area contributed by atoms with Crippen LogP contribution in [0.15, 0.2) is 12.7 Å². The summed E-state index contributed by atoms with van der Waals surface area (Å²) in [7, 11) is 0. The Kier molecular flexibility index (Phi) is 14.3. The maximum atomic E-state index is 14.3. The van der Waals surface area contributed by atoms with Gasteiger partial charge in [0.1, 0.15) is 18.1 Å². The lowest BCUT2D eigenvalue weighted by Gasteiger charge is -2.38. The molecule has 2 aliphatic rings. The molecule has 6 amide bonds. The smallest absolute Gasteiger partial charge is 0.346 e. The molecule has 0 saturated carbocycles. The van der Waals surface area contributed by atoms with E-state index in [1.54, 1.807) is 25.7 Å². The molecule has 5 atom stereocenters. The van der Waals surface area contributed by atoms with Crippen LogP contribution in [0.3, 0.4) is 0 Å². The van der Waals surface area contributed by atoms with Crippen molar-refractivity contribution in [3.05, 3.63) is 12.7 Å². The zero-order valence-electron chi connectivity index (χ0n) is 30.1. The number of alkyl halides is 3. The summed E-state index contributed by atoms with van der Waals surface area (Å²) in [6.07, 6.45) is -3.55. The lowest BCUT2D eigenvalue weighted by Crippen LogP contribution is -2.63. The summed E-state index contributed by atoms with van der Waals surface area (Å²) in [5, 5.41) is 10.1. The quantitative estimate of drug-likeness (QED) is 0.171. The van der Waals surface area contributed by atoms with E-state index >= 15 is 0 Å². The highest BCUT2D eigenvalue weighted by molar-refractivity contribution is 6.38. The first-order valence-corrected chi connectivity index (χ1v) is 17.0. The molecule has 15 heteroatoms. The van der Waals surface area contributed by atoms with Crippen LogP contribution >= 0.6 is 0 Å². The zero-order chi connectivity index (χ0) is 37.5. The normalized spacial score (nSPS) is 20.3. The Hall–Kier alpha value is -3.65. The number of rotatable bonds is 13. The van der Waals surface area contributed by atoms with Crippen LogP contribution in [-0.2, 0) is 24.0 Å². The third-order valence-electron chi connectivity index (χ3n) is 9.03. The summed E-state index contributed by atoms with van der Waals surface area (Å²) in [5.41, 5.74) is -1.53. The molecule has 2 aliphatic heterocycles. The van der Waals surface area contributed by atoms with Crippen molar-refractivity contribution >= 4 is 35.4 Å². The summed E-state index contributed by atoms with van der Waals surface area (Å²) in [4.78, 5) is 83.3. The molecule has 49 heavy (non-hydrogen) atoms. The minimum atomic E-state index is -4.66. The van der Waals surface area contributed by atoms with E-state index in [0.717, 1.165) is 12.8 Å². The molecular formula is C34H55F3N6O6. The molecule has 2 fully saturated rings. The van der Waals surface area contributed by atoms with Crippen molar-refractivity contribution in [2.45, 2.75) is 118 Å².